The van der Waals surface area contributed by atoms with Crippen LogP contribution in [0.3, 0.4) is 0 Å². The van der Waals surface area contributed by atoms with E-state index in [-0.39, 0.29) is 0 Å². The normalized spacial score (nSPS) is 26.4. The molecule has 22 heavy (non-hydrogen) atoms. The minimum absolute atomic E-state index is 0.364. The van der Waals surface area contributed by atoms with Crippen LogP contribution in [0, 0.1) is 5.92 Å². The summed E-state index contributed by atoms with van der Waals surface area (Å²) < 4.78 is 5.63. The van der Waals surface area contributed by atoms with Crippen LogP contribution >= 0.6 is 11.6 Å². The fourth-order valence-corrected chi connectivity index (χ4v) is 4.44. The van der Waals surface area contributed by atoms with Gasteiger partial charge in [0.05, 0.1) is 7.11 Å². The first kappa shape index (κ1) is 14.1. The average Bonchev–Trinajstić information content (AvgIpc) is 2.88. The second-order valence-corrected chi connectivity index (χ2v) is 6.67. The van der Waals surface area contributed by atoms with Crippen LogP contribution in [0.4, 0.5) is 0 Å². The smallest absolute Gasteiger partial charge is 0.122 e. The third kappa shape index (κ3) is 2.13. The van der Waals surface area contributed by atoms with Gasteiger partial charge < -0.3 is 10.1 Å². The number of fused-ring (bicyclic) bond motifs is 3. The first-order valence-corrected chi connectivity index (χ1v) is 8.33. The zero-order chi connectivity index (χ0) is 15.1. The summed E-state index contributed by atoms with van der Waals surface area (Å²) in [4.78, 5) is 0. The van der Waals surface area contributed by atoms with Gasteiger partial charge in [-0.2, -0.15) is 0 Å². The molecule has 1 saturated heterocycles. The number of ether oxygens (including phenoxy) is 1. The Hall–Kier alpha value is -1.51. The van der Waals surface area contributed by atoms with Gasteiger partial charge in [-0.1, -0.05) is 35.9 Å². The van der Waals surface area contributed by atoms with Crippen molar-refractivity contribution < 1.29 is 4.74 Å². The molecule has 1 N–H and O–H groups in total. The Balaban J connectivity index is 1.89. The zero-order valence-corrected chi connectivity index (χ0v) is 13.4. The Bertz CT molecular complexity index is 700. The Labute approximate surface area is 136 Å². The molecule has 2 aromatic carbocycles. The van der Waals surface area contributed by atoms with Crippen molar-refractivity contribution >= 4 is 11.6 Å². The van der Waals surface area contributed by atoms with Crippen LogP contribution in [0.25, 0.3) is 0 Å². The number of rotatable bonds is 2. The molecule has 114 valence electrons. The molecular weight excluding hydrogens is 294 g/mol. The third-order valence-corrected chi connectivity index (χ3v) is 5.36. The van der Waals surface area contributed by atoms with Crippen LogP contribution in [-0.4, -0.2) is 13.7 Å². The Morgan fingerprint density at radius 3 is 2.82 bits per heavy atom. The molecule has 0 saturated carbocycles. The molecule has 2 aromatic rings. The van der Waals surface area contributed by atoms with Gasteiger partial charge in [0.25, 0.3) is 0 Å². The highest BCUT2D eigenvalue weighted by molar-refractivity contribution is 6.30. The molecule has 1 fully saturated rings. The Kier molecular flexibility index (Phi) is 3.59. The van der Waals surface area contributed by atoms with Crippen LogP contribution in [0.1, 0.15) is 41.5 Å². The van der Waals surface area contributed by atoms with E-state index >= 15 is 0 Å². The maximum absolute atomic E-state index is 6.30. The molecule has 0 bridgehead atoms. The van der Waals surface area contributed by atoms with E-state index in [0.717, 1.165) is 17.3 Å². The number of benzene rings is 2. The van der Waals surface area contributed by atoms with Gasteiger partial charge in [0.15, 0.2) is 0 Å². The molecule has 1 aliphatic heterocycles. The van der Waals surface area contributed by atoms with Gasteiger partial charge in [0.1, 0.15) is 5.75 Å². The maximum Gasteiger partial charge on any atom is 0.122 e. The van der Waals surface area contributed by atoms with E-state index in [1.165, 1.54) is 29.5 Å². The SMILES string of the molecule is COc1ccccc1C1c2cc(Cl)ccc2C2NCCCC21. The van der Waals surface area contributed by atoms with Crippen molar-refractivity contribution in [2.24, 2.45) is 5.92 Å². The van der Waals surface area contributed by atoms with Gasteiger partial charge >= 0.3 is 0 Å². The van der Waals surface area contributed by atoms with Gasteiger partial charge in [-0.3, -0.25) is 0 Å². The van der Waals surface area contributed by atoms with E-state index in [9.17, 15) is 0 Å². The summed E-state index contributed by atoms with van der Waals surface area (Å²) in [5.41, 5.74) is 4.05. The lowest BCUT2D eigenvalue weighted by atomic mass is 9.80. The van der Waals surface area contributed by atoms with Crippen molar-refractivity contribution in [1.29, 1.82) is 0 Å². The van der Waals surface area contributed by atoms with Crippen molar-refractivity contribution in [3.63, 3.8) is 0 Å². The molecule has 0 radical (unpaired) electrons. The largest absolute Gasteiger partial charge is 0.496 e. The summed E-state index contributed by atoms with van der Waals surface area (Å²) in [6.45, 7) is 1.10. The van der Waals surface area contributed by atoms with Crippen LogP contribution in [0.15, 0.2) is 42.5 Å². The van der Waals surface area contributed by atoms with Gasteiger partial charge in [-0.05, 0) is 54.6 Å². The fraction of sp³-hybridized carbons (Fsp3) is 0.368. The summed E-state index contributed by atoms with van der Waals surface area (Å²) in [6, 6.07) is 15.2. The topological polar surface area (TPSA) is 21.3 Å². The minimum Gasteiger partial charge on any atom is -0.496 e. The van der Waals surface area contributed by atoms with Gasteiger partial charge in [0.2, 0.25) is 0 Å². The molecule has 1 heterocycles. The molecule has 0 aromatic heterocycles. The second kappa shape index (κ2) is 5.60. The van der Waals surface area contributed by atoms with Crippen molar-refractivity contribution in [3.8, 4) is 5.75 Å². The molecule has 0 spiro atoms. The van der Waals surface area contributed by atoms with Gasteiger partial charge in [-0.25, -0.2) is 0 Å². The fourth-order valence-electron chi connectivity index (χ4n) is 4.26. The lowest BCUT2D eigenvalue weighted by Crippen LogP contribution is -2.33. The number of hydrogen-bond donors (Lipinski definition) is 1. The highest BCUT2D eigenvalue weighted by atomic mass is 35.5. The number of piperidine rings is 1. The number of halogens is 1. The molecular formula is C19H20ClNO. The van der Waals surface area contributed by atoms with Crippen LogP contribution in [0.2, 0.25) is 5.02 Å². The van der Waals surface area contributed by atoms with E-state index < -0.39 is 0 Å². The predicted molar refractivity (Wildman–Crippen MR) is 89.8 cm³/mol. The van der Waals surface area contributed by atoms with E-state index in [2.05, 4.69) is 35.6 Å². The number of hydrogen-bond acceptors (Lipinski definition) is 2. The van der Waals surface area contributed by atoms with E-state index in [1.807, 2.05) is 12.1 Å². The molecule has 3 heteroatoms. The second-order valence-electron chi connectivity index (χ2n) is 6.23. The highest BCUT2D eigenvalue weighted by Gasteiger charge is 2.43. The Morgan fingerprint density at radius 1 is 1.09 bits per heavy atom. The summed E-state index contributed by atoms with van der Waals surface area (Å²) in [5, 5.41) is 4.53. The highest BCUT2D eigenvalue weighted by Crippen LogP contribution is 2.53. The number of methoxy groups -OCH3 is 1. The standard InChI is InChI=1S/C19H20ClNO/c1-22-17-7-3-2-5-14(17)18-15-6-4-10-21-19(15)13-9-8-12(20)11-16(13)18/h2-3,5,7-9,11,15,18-19,21H,4,6,10H2,1H3. The van der Waals surface area contributed by atoms with Crippen molar-refractivity contribution in [2.75, 3.05) is 13.7 Å². The number of nitrogens with one attached hydrogen (secondary N) is 1. The maximum atomic E-state index is 6.30. The van der Waals surface area contributed by atoms with Crippen LogP contribution < -0.4 is 10.1 Å². The lowest BCUT2D eigenvalue weighted by molar-refractivity contribution is 0.283. The molecule has 2 aliphatic rings. The van der Waals surface area contributed by atoms with Crippen LogP contribution in [0.5, 0.6) is 5.75 Å². The van der Waals surface area contributed by atoms with Crippen molar-refractivity contribution in [1.82, 2.24) is 5.32 Å². The zero-order valence-electron chi connectivity index (χ0n) is 12.7. The quantitative estimate of drug-likeness (QED) is 0.879. The molecule has 0 amide bonds. The summed E-state index contributed by atoms with van der Waals surface area (Å²) in [5.74, 6) is 1.92. The third-order valence-electron chi connectivity index (χ3n) is 5.13. The first-order chi connectivity index (χ1) is 10.8. The summed E-state index contributed by atoms with van der Waals surface area (Å²) in [7, 11) is 1.75. The monoisotopic (exact) mass is 313 g/mol. The molecule has 2 nitrogen and oxygen atoms in total. The summed E-state index contributed by atoms with van der Waals surface area (Å²) in [6.07, 6.45) is 2.47. The van der Waals surface area contributed by atoms with Gasteiger partial charge in [-0.15, -0.1) is 0 Å². The minimum atomic E-state index is 0.364. The average molecular weight is 314 g/mol. The predicted octanol–water partition coefficient (Wildman–Crippen LogP) is 4.53. The Morgan fingerprint density at radius 2 is 1.95 bits per heavy atom. The van der Waals surface area contributed by atoms with E-state index in [1.54, 1.807) is 7.11 Å². The molecule has 3 atom stereocenters. The van der Waals surface area contributed by atoms with Crippen LogP contribution in [-0.2, 0) is 0 Å². The van der Waals surface area contributed by atoms with Gasteiger partial charge in [0, 0.05) is 22.5 Å². The van der Waals surface area contributed by atoms with Crippen molar-refractivity contribution in [3.05, 3.63) is 64.2 Å². The van der Waals surface area contributed by atoms with Crippen molar-refractivity contribution in [2.45, 2.75) is 24.8 Å². The lowest BCUT2D eigenvalue weighted by Gasteiger charge is -2.31. The van der Waals surface area contributed by atoms with E-state index in [0.29, 0.717) is 17.9 Å². The summed E-state index contributed by atoms with van der Waals surface area (Å²) >= 11 is 6.30. The molecule has 3 unspecified atom stereocenters. The van der Waals surface area contributed by atoms with E-state index in [4.69, 9.17) is 16.3 Å². The molecule has 4 rings (SSSR count). The first-order valence-electron chi connectivity index (χ1n) is 7.95. The molecule has 1 aliphatic carbocycles. The number of para-hydroxylation sites is 1.